The van der Waals surface area contributed by atoms with Crippen LogP contribution in [0, 0.1) is 11.3 Å². The maximum atomic E-state index is 13.5. The number of thioether (sulfide) groups is 1. The Hall–Kier alpha value is -2.27. The Bertz CT molecular complexity index is 1060. The van der Waals surface area contributed by atoms with Gasteiger partial charge in [0.05, 0.1) is 19.1 Å². The topological polar surface area (TPSA) is 105 Å². The molecule has 2 N–H and O–H groups in total. The van der Waals surface area contributed by atoms with Crippen molar-refractivity contribution in [2.24, 2.45) is 11.3 Å². The highest BCUT2D eigenvalue weighted by Gasteiger charge is 2.54. The van der Waals surface area contributed by atoms with Gasteiger partial charge in [0, 0.05) is 12.3 Å². The quantitative estimate of drug-likeness (QED) is 0.408. The second kappa shape index (κ2) is 10.3. The van der Waals surface area contributed by atoms with E-state index in [1.54, 1.807) is 36.5 Å². The predicted octanol–water partition coefficient (Wildman–Crippen LogP) is 3.16. The summed E-state index contributed by atoms with van der Waals surface area (Å²) < 4.78 is 38.4. The highest BCUT2D eigenvalue weighted by molar-refractivity contribution is 7.98. The lowest BCUT2D eigenvalue weighted by Crippen LogP contribution is -2.48. The number of rotatable bonds is 9. The molecule has 1 saturated heterocycles. The van der Waals surface area contributed by atoms with Crippen molar-refractivity contribution in [2.75, 3.05) is 26.5 Å². The van der Waals surface area contributed by atoms with Gasteiger partial charge in [0.2, 0.25) is 10.0 Å². The molecule has 10 heteroatoms. The highest BCUT2D eigenvalue weighted by atomic mass is 32.2. The minimum Gasteiger partial charge on any atom is -0.497 e. The molecule has 0 aromatic heterocycles. The van der Waals surface area contributed by atoms with E-state index < -0.39 is 27.4 Å². The molecule has 2 aromatic carbocycles. The Kier molecular flexibility index (Phi) is 7.94. The van der Waals surface area contributed by atoms with Crippen LogP contribution in [-0.4, -0.2) is 56.4 Å². The van der Waals surface area contributed by atoms with E-state index >= 15 is 0 Å². The van der Waals surface area contributed by atoms with Crippen molar-refractivity contribution >= 4 is 27.7 Å². The molecule has 2 unspecified atom stereocenters. The maximum absolute atomic E-state index is 13.5. The fourth-order valence-electron chi connectivity index (χ4n) is 4.08. The average molecular weight is 495 g/mol. The Balaban J connectivity index is 1.82. The first kappa shape index (κ1) is 25.4. The predicted molar refractivity (Wildman–Crippen MR) is 127 cm³/mol. The van der Waals surface area contributed by atoms with Gasteiger partial charge in [0.15, 0.2) is 0 Å². The molecule has 1 aliphatic rings. The molecule has 180 valence electrons. The van der Waals surface area contributed by atoms with E-state index in [4.69, 9.17) is 9.47 Å². The van der Waals surface area contributed by atoms with Crippen molar-refractivity contribution in [2.45, 2.75) is 30.5 Å². The summed E-state index contributed by atoms with van der Waals surface area (Å²) in [6.45, 7) is 4.06. The fraction of sp³-hybridized carbons (Fsp3) is 0.435. The van der Waals surface area contributed by atoms with Gasteiger partial charge in [0.1, 0.15) is 17.5 Å². The fourth-order valence-corrected chi connectivity index (χ4v) is 7.31. The molecule has 1 fully saturated rings. The number of amides is 1. The summed E-state index contributed by atoms with van der Waals surface area (Å²) in [7, 11) is -0.857. The van der Waals surface area contributed by atoms with E-state index in [0.29, 0.717) is 17.3 Å². The summed E-state index contributed by atoms with van der Waals surface area (Å²) in [6.07, 6.45) is 0. The van der Waals surface area contributed by atoms with Gasteiger partial charge < -0.3 is 9.47 Å². The lowest BCUT2D eigenvalue weighted by atomic mass is 9.80. The van der Waals surface area contributed by atoms with E-state index in [-0.39, 0.29) is 17.4 Å². The normalized spacial score (nSPS) is 20.4. The zero-order chi connectivity index (χ0) is 24.2. The first-order valence-electron chi connectivity index (χ1n) is 10.4. The zero-order valence-electron chi connectivity index (χ0n) is 19.1. The number of hydroxylamine groups is 1. The van der Waals surface area contributed by atoms with Gasteiger partial charge in [-0.25, -0.2) is 13.9 Å². The summed E-state index contributed by atoms with van der Waals surface area (Å²) in [5.41, 5.74) is 2.30. The van der Waals surface area contributed by atoms with Gasteiger partial charge >= 0.3 is 0 Å². The van der Waals surface area contributed by atoms with Crippen LogP contribution in [0.25, 0.3) is 0 Å². The minimum atomic E-state index is -3.97. The first-order chi connectivity index (χ1) is 15.6. The second-order valence-corrected chi connectivity index (χ2v) is 11.5. The number of hydrogen-bond acceptors (Lipinski definition) is 7. The number of methoxy groups -OCH3 is 2. The standard InChI is InChI=1S/C23H30N2O6S2/c1-23(2)15-25(33(28,29)19-11-9-18(31-4)10-12-19)21(22(26)24-27)20(23)14-32-13-16-5-7-17(30-3)8-6-16/h5-12,20-21,27H,13-15H2,1-4H3,(H,24,26). The van der Waals surface area contributed by atoms with Crippen molar-refractivity contribution in [3.63, 3.8) is 0 Å². The molecule has 0 aliphatic carbocycles. The molecule has 2 atom stereocenters. The molecule has 3 rings (SSSR count). The Morgan fingerprint density at radius 2 is 1.64 bits per heavy atom. The summed E-state index contributed by atoms with van der Waals surface area (Å²) in [4.78, 5) is 12.8. The van der Waals surface area contributed by atoms with Crippen LogP contribution in [0.5, 0.6) is 11.5 Å². The molecular weight excluding hydrogens is 464 g/mol. The third-order valence-corrected chi connectivity index (χ3v) is 9.00. The van der Waals surface area contributed by atoms with Crippen LogP contribution in [0.1, 0.15) is 19.4 Å². The first-order valence-corrected chi connectivity index (χ1v) is 13.0. The SMILES string of the molecule is COc1ccc(CSCC2C(C(=O)NO)N(S(=O)(=O)c3ccc(OC)cc3)CC2(C)C)cc1. The second-order valence-electron chi connectivity index (χ2n) is 8.60. The summed E-state index contributed by atoms with van der Waals surface area (Å²) in [5, 5.41) is 9.40. The van der Waals surface area contributed by atoms with Crippen LogP contribution >= 0.6 is 11.8 Å². The number of sulfonamides is 1. The molecule has 1 heterocycles. The molecule has 33 heavy (non-hydrogen) atoms. The lowest BCUT2D eigenvalue weighted by molar-refractivity contribution is -0.133. The van der Waals surface area contributed by atoms with Crippen molar-refractivity contribution in [3.05, 3.63) is 54.1 Å². The largest absolute Gasteiger partial charge is 0.497 e. The molecule has 8 nitrogen and oxygen atoms in total. The number of carbonyl (C=O) groups excluding carboxylic acids is 1. The van der Waals surface area contributed by atoms with Gasteiger partial charge in [-0.3, -0.25) is 10.0 Å². The van der Waals surface area contributed by atoms with Gasteiger partial charge in [-0.15, -0.1) is 0 Å². The van der Waals surface area contributed by atoms with Crippen LogP contribution in [-0.2, 0) is 20.6 Å². The molecular formula is C23H30N2O6S2. The van der Waals surface area contributed by atoms with E-state index in [1.165, 1.54) is 23.5 Å². The van der Waals surface area contributed by atoms with E-state index in [9.17, 15) is 18.4 Å². The molecule has 0 saturated carbocycles. The third kappa shape index (κ3) is 5.46. The molecule has 0 spiro atoms. The molecule has 1 aliphatic heterocycles. The summed E-state index contributed by atoms with van der Waals surface area (Å²) in [6, 6.07) is 12.8. The Morgan fingerprint density at radius 3 is 2.15 bits per heavy atom. The van der Waals surface area contributed by atoms with Gasteiger partial charge in [-0.1, -0.05) is 26.0 Å². The van der Waals surface area contributed by atoms with Crippen LogP contribution in [0.2, 0.25) is 0 Å². The number of hydrogen-bond donors (Lipinski definition) is 2. The molecule has 0 bridgehead atoms. The van der Waals surface area contributed by atoms with Crippen molar-refractivity contribution < 1.29 is 27.9 Å². The number of benzene rings is 2. The third-order valence-electron chi connectivity index (χ3n) is 6.03. The van der Waals surface area contributed by atoms with E-state index in [1.807, 2.05) is 38.1 Å². The number of carbonyl (C=O) groups is 1. The van der Waals surface area contributed by atoms with Crippen LogP contribution < -0.4 is 15.0 Å². The molecule has 2 aromatic rings. The van der Waals surface area contributed by atoms with Crippen molar-refractivity contribution in [1.82, 2.24) is 9.79 Å². The lowest BCUT2D eigenvalue weighted by Gasteiger charge is -2.28. The number of ether oxygens (including phenoxy) is 2. The Morgan fingerprint density at radius 1 is 1.09 bits per heavy atom. The monoisotopic (exact) mass is 494 g/mol. The number of nitrogens with one attached hydrogen (secondary N) is 1. The van der Waals surface area contributed by atoms with Crippen molar-refractivity contribution in [1.29, 1.82) is 0 Å². The van der Waals surface area contributed by atoms with Gasteiger partial charge in [-0.2, -0.15) is 16.1 Å². The highest BCUT2D eigenvalue weighted by Crippen LogP contribution is 2.44. The minimum absolute atomic E-state index is 0.0707. The average Bonchev–Trinajstić information content (AvgIpc) is 3.10. The Labute approximate surface area is 199 Å². The van der Waals surface area contributed by atoms with E-state index in [2.05, 4.69) is 0 Å². The molecule has 1 amide bonds. The number of nitrogens with zero attached hydrogens (tertiary/aromatic N) is 1. The van der Waals surface area contributed by atoms with E-state index in [0.717, 1.165) is 11.3 Å². The maximum Gasteiger partial charge on any atom is 0.262 e. The van der Waals surface area contributed by atoms with Gasteiger partial charge in [0.25, 0.3) is 5.91 Å². The van der Waals surface area contributed by atoms with Crippen molar-refractivity contribution in [3.8, 4) is 11.5 Å². The smallest absolute Gasteiger partial charge is 0.262 e. The zero-order valence-corrected chi connectivity index (χ0v) is 20.8. The molecule has 0 radical (unpaired) electrons. The van der Waals surface area contributed by atoms with Crippen LogP contribution in [0.4, 0.5) is 0 Å². The van der Waals surface area contributed by atoms with Crippen LogP contribution in [0.15, 0.2) is 53.4 Å². The van der Waals surface area contributed by atoms with Crippen LogP contribution in [0.3, 0.4) is 0 Å². The van der Waals surface area contributed by atoms with Gasteiger partial charge in [-0.05, 0) is 59.0 Å². The summed E-state index contributed by atoms with van der Waals surface area (Å²) in [5.74, 6) is 1.53. The summed E-state index contributed by atoms with van der Waals surface area (Å²) >= 11 is 1.62.